The van der Waals surface area contributed by atoms with E-state index in [-0.39, 0.29) is 60.1 Å². The van der Waals surface area contributed by atoms with Gasteiger partial charge in [-0.2, -0.15) is 0 Å². The number of hydrogen-bond donors (Lipinski definition) is 2. The van der Waals surface area contributed by atoms with E-state index in [0.29, 0.717) is 54.9 Å². The highest BCUT2D eigenvalue weighted by atomic mass is 16.5. The quantitative estimate of drug-likeness (QED) is 0.433. The van der Waals surface area contributed by atoms with Gasteiger partial charge in [-0.05, 0) is 25.0 Å². The average Bonchev–Trinajstić information content (AvgIpc) is 3.42. The average molecular weight is 529 g/mol. The van der Waals surface area contributed by atoms with Crippen molar-refractivity contribution in [2.75, 3.05) is 26.3 Å². The number of amides is 2. The van der Waals surface area contributed by atoms with Crippen LogP contribution in [0, 0.1) is 0 Å². The van der Waals surface area contributed by atoms with Gasteiger partial charge < -0.3 is 29.5 Å². The Bertz CT molecular complexity index is 1370. The molecule has 10 heteroatoms. The van der Waals surface area contributed by atoms with Gasteiger partial charge in [0.1, 0.15) is 0 Å². The Morgan fingerprint density at radius 2 is 1.21 bits per heavy atom. The highest BCUT2D eigenvalue weighted by molar-refractivity contribution is 6.04. The molecule has 4 aliphatic rings. The Labute approximate surface area is 225 Å². The van der Waals surface area contributed by atoms with Gasteiger partial charge in [0, 0.05) is 44.1 Å². The predicted molar refractivity (Wildman–Crippen MR) is 145 cm³/mol. The number of carbonyl (C=O) groups excluding carboxylic acids is 2. The van der Waals surface area contributed by atoms with E-state index in [2.05, 4.69) is 23.1 Å². The molecule has 200 valence electrons. The molecule has 2 aromatic carbocycles. The van der Waals surface area contributed by atoms with Crippen LogP contribution in [0.1, 0.15) is 40.0 Å². The van der Waals surface area contributed by atoms with Crippen molar-refractivity contribution in [3.05, 3.63) is 59.7 Å². The molecule has 4 heterocycles. The maximum absolute atomic E-state index is 13.0. The SMILES string of the molecule is C=C1CC2C=Nc3cc(OCCCOc4cc5c(cc4O)C(=O)N4CC(=C)C[C@H]4C=N5)c(O)cc3C(=O)N2C1. The summed E-state index contributed by atoms with van der Waals surface area (Å²) < 4.78 is 11.5. The molecule has 2 aromatic rings. The molecule has 6 rings (SSSR count). The predicted octanol–water partition coefficient (Wildman–Crippen LogP) is 3.92. The second-order valence-corrected chi connectivity index (χ2v) is 10.2. The molecule has 2 saturated heterocycles. The second kappa shape index (κ2) is 9.61. The Hall–Kier alpha value is -4.60. The van der Waals surface area contributed by atoms with E-state index in [0.717, 1.165) is 11.1 Å². The zero-order chi connectivity index (χ0) is 27.3. The van der Waals surface area contributed by atoms with Crippen LogP contribution >= 0.6 is 0 Å². The maximum atomic E-state index is 13.0. The standard InChI is InChI=1S/C29H28N4O6/c1-16-6-18-12-30-22-10-26(24(34)8-20(22)28(36)32(18)14-16)38-4-3-5-39-27-11-23-21(9-25(27)35)29(37)33-15-17(2)7-19(33)13-31-23/h8-13,18-19,34-35H,1-7,14-15H2/t18-,19?/m0/s1. The molecular formula is C29H28N4O6. The number of benzene rings is 2. The number of phenols is 2. The molecule has 2 fully saturated rings. The fourth-order valence-electron chi connectivity index (χ4n) is 5.34. The van der Waals surface area contributed by atoms with Crippen LogP contribution in [-0.2, 0) is 0 Å². The number of phenolic OH excluding ortho intramolecular Hbond substituents is 2. The normalized spacial score (nSPS) is 21.3. The molecule has 1 unspecified atom stereocenters. The number of rotatable bonds is 6. The lowest BCUT2D eigenvalue weighted by Gasteiger charge is -2.20. The van der Waals surface area contributed by atoms with E-state index in [9.17, 15) is 19.8 Å². The summed E-state index contributed by atoms with van der Waals surface area (Å²) in [5, 5.41) is 21.0. The molecule has 0 aliphatic carbocycles. The van der Waals surface area contributed by atoms with E-state index in [1.165, 1.54) is 12.1 Å². The lowest BCUT2D eigenvalue weighted by molar-refractivity contribution is 0.0770. The van der Waals surface area contributed by atoms with Gasteiger partial charge in [0.15, 0.2) is 23.0 Å². The summed E-state index contributed by atoms with van der Waals surface area (Å²) in [6.07, 6.45) is 5.27. The third-order valence-corrected chi connectivity index (χ3v) is 7.30. The van der Waals surface area contributed by atoms with E-state index >= 15 is 0 Å². The van der Waals surface area contributed by atoms with Gasteiger partial charge in [0.05, 0.1) is 47.8 Å². The number of fused-ring (bicyclic) bond motifs is 4. The minimum absolute atomic E-state index is 0.133. The topological polar surface area (TPSA) is 124 Å². The number of hydrogen-bond acceptors (Lipinski definition) is 8. The van der Waals surface area contributed by atoms with Crippen LogP contribution in [0.5, 0.6) is 23.0 Å². The van der Waals surface area contributed by atoms with Crippen molar-refractivity contribution in [2.24, 2.45) is 9.98 Å². The van der Waals surface area contributed by atoms with Crippen molar-refractivity contribution >= 4 is 35.6 Å². The van der Waals surface area contributed by atoms with Crippen molar-refractivity contribution in [1.29, 1.82) is 0 Å². The summed E-state index contributed by atoms with van der Waals surface area (Å²) in [5.41, 5.74) is 3.48. The monoisotopic (exact) mass is 528 g/mol. The van der Waals surface area contributed by atoms with E-state index in [4.69, 9.17) is 9.47 Å². The Morgan fingerprint density at radius 1 is 0.769 bits per heavy atom. The van der Waals surface area contributed by atoms with Crippen LogP contribution in [0.4, 0.5) is 11.4 Å². The Balaban J connectivity index is 1.08. The largest absolute Gasteiger partial charge is 0.504 e. The van der Waals surface area contributed by atoms with Crippen LogP contribution in [0.3, 0.4) is 0 Å². The lowest BCUT2D eigenvalue weighted by Crippen LogP contribution is -2.35. The fraction of sp³-hybridized carbons (Fsp3) is 0.310. The van der Waals surface area contributed by atoms with Crippen LogP contribution in [0.25, 0.3) is 0 Å². The van der Waals surface area contributed by atoms with Crippen molar-refractivity contribution in [2.45, 2.75) is 31.3 Å². The molecule has 0 aromatic heterocycles. The fourth-order valence-corrected chi connectivity index (χ4v) is 5.34. The van der Waals surface area contributed by atoms with Crippen molar-refractivity contribution in [3.63, 3.8) is 0 Å². The molecule has 2 N–H and O–H groups in total. The van der Waals surface area contributed by atoms with Gasteiger partial charge in [-0.15, -0.1) is 0 Å². The number of aromatic hydroxyl groups is 2. The first kappa shape index (κ1) is 24.7. The van der Waals surface area contributed by atoms with Crippen LogP contribution in [0.15, 0.2) is 58.6 Å². The zero-order valence-electron chi connectivity index (χ0n) is 21.3. The van der Waals surface area contributed by atoms with Crippen molar-refractivity contribution in [3.8, 4) is 23.0 Å². The summed E-state index contributed by atoms with van der Waals surface area (Å²) >= 11 is 0. The molecule has 39 heavy (non-hydrogen) atoms. The molecule has 0 radical (unpaired) electrons. The lowest BCUT2D eigenvalue weighted by atomic mass is 10.1. The van der Waals surface area contributed by atoms with Gasteiger partial charge in [0.25, 0.3) is 11.8 Å². The van der Waals surface area contributed by atoms with E-state index in [1.54, 1.807) is 34.4 Å². The van der Waals surface area contributed by atoms with Gasteiger partial charge in [-0.3, -0.25) is 19.6 Å². The smallest absolute Gasteiger partial charge is 0.257 e. The summed E-state index contributed by atoms with van der Waals surface area (Å²) in [6, 6.07) is 5.63. The highest BCUT2D eigenvalue weighted by Gasteiger charge is 2.35. The van der Waals surface area contributed by atoms with Gasteiger partial charge in [-0.25, -0.2) is 0 Å². The maximum Gasteiger partial charge on any atom is 0.257 e. The first-order valence-corrected chi connectivity index (χ1v) is 12.8. The van der Waals surface area contributed by atoms with Crippen molar-refractivity contribution in [1.82, 2.24) is 9.80 Å². The number of ether oxygens (including phenoxy) is 2. The number of aliphatic imine (C=N–C) groups is 2. The van der Waals surface area contributed by atoms with Gasteiger partial charge in [-0.1, -0.05) is 24.3 Å². The molecule has 0 spiro atoms. The first-order valence-electron chi connectivity index (χ1n) is 12.8. The molecule has 2 amide bonds. The molecule has 4 aliphatic heterocycles. The minimum Gasteiger partial charge on any atom is -0.504 e. The van der Waals surface area contributed by atoms with E-state index in [1.807, 2.05) is 0 Å². The molecule has 10 nitrogen and oxygen atoms in total. The third kappa shape index (κ3) is 4.52. The Morgan fingerprint density at radius 3 is 1.64 bits per heavy atom. The second-order valence-electron chi connectivity index (χ2n) is 10.2. The molecule has 2 atom stereocenters. The summed E-state index contributed by atoms with van der Waals surface area (Å²) in [6.45, 7) is 9.31. The molecular weight excluding hydrogens is 500 g/mol. The Kier molecular flexibility index (Phi) is 6.09. The first-order chi connectivity index (χ1) is 18.8. The van der Waals surface area contributed by atoms with Crippen molar-refractivity contribution < 1.29 is 29.3 Å². The molecule has 0 bridgehead atoms. The van der Waals surface area contributed by atoms with Crippen LogP contribution < -0.4 is 9.47 Å². The highest BCUT2D eigenvalue weighted by Crippen LogP contribution is 2.39. The zero-order valence-corrected chi connectivity index (χ0v) is 21.3. The molecule has 0 saturated carbocycles. The van der Waals surface area contributed by atoms with Crippen LogP contribution in [0.2, 0.25) is 0 Å². The summed E-state index contributed by atoms with van der Waals surface area (Å²) in [5.74, 6) is -0.254. The van der Waals surface area contributed by atoms with E-state index < -0.39 is 0 Å². The van der Waals surface area contributed by atoms with Gasteiger partial charge in [0.2, 0.25) is 0 Å². The van der Waals surface area contributed by atoms with Gasteiger partial charge >= 0.3 is 0 Å². The number of nitrogens with zero attached hydrogens (tertiary/aromatic N) is 4. The minimum atomic E-state index is -0.196. The summed E-state index contributed by atoms with van der Waals surface area (Å²) in [4.78, 5) is 38.3. The third-order valence-electron chi connectivity index (χ3n) is 7.30. The number of carbonyl (C=O) groups is 2. The summed E-state index contributed by atoms with van der Waals surface area (Å²) in [7, 11) is 0. The van der Waals surface area contributed by atoms with Crippen LogP contribution in [-0.4, -0.2) is 82.6 Å².